The van der Waals surface area contributed by atoms with E-state index in [1.54, 1.807) is 12.1 Å². The first-order valence-corrected chi connectivity index (χ1v) is 11.7. The van der Waals surface area contributed by atoms with Crippen LogP contribution in [0.25, 0.3) is 0 Å². The first kappa shape index (κ1) is 25.5. The Bertz CT molecular complexity index is 860. The molecule has 0 fully saturated rings. The minimum atomic E-state index is -0.714. The van der Waals surface area contributed by atoms with Gasteiger partial charge in [0.05, 0.1) is 32.8 Å². The number of unbranched alkanes of at least 4 members (excludes halogenated alkanes) is 7. The minimum absolute atomic E-state index is 0.102. The molecule has 0 N–H and O–H groups in total. The lowest BCUT2D eigenvalue weighted by atomic mass is 10.1. The molecular formula is C24H27Cl3O4. The van der Waals surface area contributed by atoms with Crippen LogP contribution in [0.5, 0.6) is 5.75 Å². The third kappa shape index (κ3) is 8.36. The van der Waals surface area contributed by atoms with Gasteiger partial charge < -0.3 is 9.47 Å². The Morgan fingerprint density at radius 1 is 0.774 bits per heavy atom. The Morgan fingerprint density at radius 3 is 1.87 bits per heavy atom. The van der Waals surface area contributed by atoms with E-state index in [1.165, 1.54) is 56.4 Å². The first-order valence-electron chi connectivity index (χ1n) is 10.6. The van der Waals surface area contributed by atoms with Crippen molar-refractivity contribution in [3.05, 3.63) is 62.6 Å². The van der Waals surface area contributed by atoms with E-state index < -0.39 is 11.9 Å². The number of hydrogen-bond donors (Lipinski definition) is 0. The first-order chi connectivity index (χ1) is 14.9. The fourth-order valence-corrected chi connectivity index (χ4v) is 3.65. The molecule has 168 valence electrons. The Kier molecular flexibility index (Phi) is 11.2. The van der Waals surface area contributed by atoms with Gasteiger partial charge in [-0.15, -0.1) is 0 Å². The summed E-state index contributed by atoms with van der Waals surface area (Å²) in [5.41, 5.74) is 0.254. The lowest BCUT2D eigenvalue weighted by molar-refractivity contribution is 0.0489. The van der Waals surface area contributed by atoms with Gasteiger partial charge in [0.1, 0.15) is 5.75 Å². The van der Waals surface area contributed by atoms with Crippen LogP contribution in [-0.2, 0) is 4.74 Å². The molecule has 2 aromatic carbocycles. The SMILES string of the molecule is CCCCCCCCCCOC(=O)c1ccccc1C(=O)Oc1cc(Cl)c(Cl)c(Cl)c1. The molecular weight excluding hydrogens is 459 g/mol. The van der Waals surface area contributed by atoms with E-state index >= 15 is 0 Å². The van der Waals surface area contributed by atoms with Crippen molar-refractivity contribution < 1.29 is 19.1 Å². The van der Waals surface area contributed by atoms with Crippen molar-refractivity contribution in [1.29, 1.82) is 0 Å². The largest absolute Gasteiger partial charge is 0.462 e. The van der Waals surface area contributed by atoms with E-state index in [1.807, 2.05) is 0 Å². The van der Waals surface area contributed by atoms with Crippen LogP contribution in [0.1, 0.15) is 79.0 Å². The highest BCUT2D eigenvalue weighted by Gasteiger charge is 2.20. The van der Waals surface area contributed by atoms with Crippen LogP contribution in [0.4, 0.5) is 0 Å². The lowest BCUT2D eigenvalue weighted by Gasteiger charge is -2.10. The number of rotatable bonds is 12. The highest BCUT2D eigenvalue weighted by molar-refractivity contribution is 6.48. The summed E-state index contributed by atoms with van der Waals surface area (Å²) < 4.78 is 10.7. The van der Waals surface area contributed by atoms with Crippen LogP contribution in [0.15, 0.2) is 36.4 Å². The van der Waals surface area contributed by atoms with E-state index in [2.05, 4.69) is 6.92 Å². The molecule has 0 amide bonds. The van der Waals surface area contributed by atoms with Gasteiger partial charge in [-0.25, -0.2) is 9.59 Å². The van der Waals surface area contributed by atoms with Gasteiger partial charge in [0.25, 0.3) is 0 Å². The van der Waals surface area contributed by atoms with Crippen LogP contribution >= 0.6 is 34.8 Å². The Labute approximate surface area is 198 Å². The molecule has 0 unspecified atom stereocenters. The highest BCUT2D eigenvalue weighted by Crippen LogP contribution is 2.34. The zero-order chi connectivity index (χ0) is 22.6. The predicted octanol–water partition coefficient (Wildman–Crippen LogP) is 8.16. The van der Waals surface area contributed by atoms with E-state index in [9.17, 15) is 9.59 Å². The normalized spacial score (nSPS) is 10.7. The van der Waals surface area contributed by atoms with Crippen molar-refractivity contribution >= 4 is 46.7 Å². The summed E-state index contributed by atoms with van der Waals surface area (Å²) in [6.07, 6.45) is 9.23. The quantitative estimate of drug-likeness (QED) is 0.132. The van der Waals surface area contributed by atoms with Crippen LogP contribution in [0.2, 0.25) is 15.1 Å². The molecule has 4 nitrogen and oxygen atoms in total. The van der Waals surface area contributed by atoms with E-state index in [4.69, 9.17) is 44.3 Å². The summed E-state index contributed by atoms with van der Waals surface area (Å²) in [7, 11) is 0. The molecule has 0 heterocycles. The van der Waals surface area contributed by atoms with Crippen LogP contribution in [0, 0.1) is 0 Å². The maximum atomic E-state index is 12.6. The molecule has 0 aliphatic rings. The molecule has 31 heavy (non-hydrogen) atoms. The van der Waals surface area contributed by atoms with E-state index in [0.717, 1.165) is 19.3 Å². The van der Waals surface area contributed by atoms with E-state index in [-0.39, 0.29) is 31.9 Å². The number of esters is 2. The third-order valence-corrected chi connectivity index (χ3v) is 5.96. The average molecular weight is 486 g/mol. The molecule has 0 saturated carbocycles. The van der Waals surface area contributed by atoms with Crippen molar-refractivity contribution in [3.63, 3.8) is 0 Å². The molecule has 0 aliphatic carbocycles. The molecule has 0 atom stereocenters. The van der Waals surface area contributed by atoms with Gasteiger partial charge in [-0.2, -0.15) is 0 Å². The molecule has 0 aliphatic heterocycles. The standard InChI is InChI=1S/C24H27Cl3O4/c1-2-3-4-5-6-7-8-11-14-30-23(28)18-12-9-10-13-19(18)24(29)31-17-15-20(25)22(27)21(26)16-17/h9-10,12-13,15-16H,2-8,11,14H2,1H3. The fraction of sp³-hybridized carbons (Fsp3) is 0.417. The topological polar surface area (TPSA) is 52.6 Å². The summed E-state index contributed by atoms with van der Waals surface area (Å²) in [5, 5.41) is 0.498. The zero-order valence-corrected chi connectivity index (χ0v) is 19.9. The number of carbonyl (C=O) groups excluding carboxylic acids is 2. The van der Waals surface area contributed by atoms with Crippen molar-refractivity contribution in [3.8, 4) is 5.75 Å². The molecule has 0 bridgehead atoms. The van der Waals surface area contributed by atoms with Gasteiger partial charge in [0, 0.05) is 12.1 Å². The van der Waals surface area contributed by atoms with Crippen LogP contribution < -0.4 is 4.74 Å². The van der Waals surface area contributed by atoms with Gasteiger partial charge in [0.15, 0.2) is 0 Å². The predicted molar refractivity (Wildman–Crippen MR) is 126 cm³/mol. The Morgan fingerprint density at radius 2 is 1.29 bits per heavy atom. The van der Waals surface area contributed by atoms with Gasteiger partial charge in [-0.1, -0.05) is 98.8 Å². The second-order valence-electron chi connectivity index (χ2n) is 7.25. The van der Waals surface area contributed by atoms with Crippen molar-refractivity contribution in [2.45, 2.75) is 58.3 Å². The summed E-state index contributed by atoms with van der Waals surface area (Å²) in [4.78, 5) is 25.1. The molecule has 0 aromatic heterocycles. The number of ether oxygens (including phenoxy) is 2. The zero-order valence-electron chi connectivity index (χ0n) is 17.6. The van der Waals surface area contributed by atoms with Crippen molar-refractivity contribution in [2.24, 2.45) is 0 Å². The third-order valence-electron chi connectivity index (χ3n) is 4.77. The van der Waals surface area contributed by atoms with Gasteiger partial charge in [0.2, 0.25) is 0 Å². The molecule has 2 aromatic rings. The van der Waals surface area contributed by atoms with E-state index in [0.29, 0.717) is 6.61 Å². The average Bonchev–Trinajstić information content (AvgIpc) is 2.76. The minimum Gasteiger partial charge on any atom is -0.462 e. The second kappa shape index (κ2) is 13.6. The van der Waals surface area contributed by atoms with Crippen LogP contribution in [0.3, 0.4) is 0 Å². The van der Waals surface area contributed by atoms with Crippen LogP contribution in [-0.4, -0.2) is 18.5 Å². The van der Waals surface area contributed by atoms with Gasteiger partial charge >= 0.3 is 11.9 Å². The molecule has 0 saturated heterocycles. The van der Waals surface area contributed by atoms with Crippen molar-refractivity contribution in [1.82, 2.24) is 0 Å². The lowest BCUT2D eigenvalue weighted by Crippen LogP contribution is -2.16. The van der Waals surface area contributed by atoms with Gasteiger partial charge in [-0.3, -0.25) is 0 Å². The second-order valence-corrected chi connectivity index (χ2v) is 8.44. The molecule has 0 radical (unpaired) electrons. The summed E-state index contributed by atoms with van der Waals surface area (Å²) >= 11 is 17.9. The Hall–Kier alpha value is -1.75. The monoisotopic (exact) mass is 484 g/mol. The number of carbonyl (C=O) groups is 2. The van der Waals surface area contributed by atoms with Crippen molar-refractivity contribution in [2.75, 3.05) is 6.61 Å². The highest BCUT2D eigenvalue weighted by atomic mass is 35.5. The summed E-state index contributed by atoms with van der Waals surface area (Å²) in [5.74, 6) is -1.14. The molecule has 2 rings (SSSR count). The number of hydrogen-bond acceptors (Lipinski definition) is 4. The number of benzene rings is 2. The van der Waals surface area contributed by atoms with Gasteiger partial charge in [-0.05, 0) is 18.6 Å². The Balaban J connectivity index is 1.88. The summed E-state index contributed by atoms with van der Waals surface area (Å²) in [6.45, 7) is 2.52. The number of halogens is 3. The molecule has 0 spiro atoms. The maximum Gasteiger partial charge on any atom is 0.344 e. The smallest absolute Gasteiger partial charge is 0.344 e. The molecule has 7 heteroatoms. The fourth-order valence-electron chi connectivity index (χ4n) is 3.07. The summed E-state index contributed by atoms with van der Waals surface area (Å²) in [6, 6.07) is 9.13. The maximum absolute atomic E-state index is 12.6.